The van der Waals surface area contributed by atoms with Gasteiger partial charge in [-0.3, -0.25) is 4.57 Å². The fourth-order valence-electron chi connectivity index (χ4n) is 3.39. The van der Waals surface area contributed by atoms with Crippen molar-refractivity contribution < 1.29 is 9.13 Å². The predicted octanol–water partition coefficient (Wildman–Crippen LogP) is 4.77. The van der Waals surface area contributed by atoms with Crippen molar-refractivity contribution in [2.24, 2.45) is 0 Å². The number of rotatable bonds is 6. The van der Waals surface area contributed by atoms with Crippen LogP contribution in [0.25, 0.3) is 22.8 Å². The number of nitrogens with zero attached hydrogens (tertiary/aromatic N) is 5. The summed E-state index contributed by atoms with van der Waals surface area (Å²) in [7, 11) is 0. The molecule has 0 fully saturated rings. The highest BCUT2D eigenvalue weighted by atomic mass is 19.1. The lowest BCUT2D eigenvalue weighted by Gasteiger charge is -2.11. The zero-order chi connectivity index (χ0) is 21.1. The zero-order valence-electron chi connectivity index (χ0n) is 16.7. The number of hydrogen-bond acceptors (Lipinski definition) is 4. The number of benzene rings is 2. The van der Waals surface area contributed by atoms with Crippen molar-refractivity contribution in [1.82, 2.24) is 19.3 Å². The Morgan fingerprint density at radius 1 is 1.10 bits per heavy atom. The Morgan fingerprint density at radius 2 is 1.90 bits per heavy atom. The molecule has 0 saturated carbocycles. The van der Waals surface area contributed by atoms with Gasteiger partial charge in [-0.25, -0.2) is 9.07 Å². The molecule has 7 heteroatoms. The SMILES string of the molecule is CCOc1nc(-c2ccnn2-c2ccc(C#N)cc2)c(C)n1-c1cccc(CF)c1. The van der Waals surface area contributed by atoms with Crippen LogP contribution in [0.3, 0.4) is 0 Å². The summed E-state index contributed by atoms with van der Waals surface area (Å²) in [5, 5.41) is 13.5. The molecule has 0 spiro atoms. The first-order chi connectivity index (χ1) is 14.7. The maximum atomic E-state index is 13.2. The van der Waals surface area contributed by atoms with Crippen LogP contribution >= 0.6 is 0 Å². The van der Waals surface area contributed by atoms with Gasteiger partial charge in [0.25, 0.3) is 0 Å². The van der Waals surface area contributed by atoms with Crippen molar-refractivity contribution in [2.45, 2.75) is 20.5 Å². The number of alkyl halides is 1. The van der Waals surface area contributed by atoms with E-state index in [4.69, 9.17) is 15.0 Å². The summed E-state index contributed by atoms with van der Waals surface area (Å²) in [4.78, 5) is 4.73. The Kier molecular flexibility index (Phi) is 5.31. The van der Waals surface area contributed by atoms with E-state index in [2.05, 4.69) is 11.2 Å². The maximum Gasteiger partial charge on any atom is 0.301 e. The van der Waals surface area contributed by atoms with Gasteiger partial charge in [0.1, 0.15) is 12.4 Å². The van der Waals surface area contributed by atoms with Gasteiger partial charge in [-0.15, -0.1) is 0 Å². The van der Waals surface area contributed by atoms with Gasteiger partial charge < -0.3 is 4.74 Å². The normalized spacial score (nSPS) is 10.7. The molecule has 0 aliphatic heterocycles. The lowest BCUT2D eigenvalue weighted by molar-refractivity contribution is 0.307. The molecule has 0 aliphatic carbocycles. The van der Waals surface area contributed by atoms with Crippen LogP contribution in [-0.4, -0.2) is 25.9 Å². The van der Waals surface area contributed by atoms with Gasteiger partial charge in [0.15, 0.2) is 0 Å². The summed E-state index contributed by atoms with van der Waals surface area (Å²) in [5.41, 5.74) is 5.13. The largest absolute Gasteiger partial charge is 0.465 e. The molecule has 0 saturated heterocycles. The molecule has 0 aliphatic rings. The van der Waals surface area contributed by atoms with Crippen molar-refractivity contribution in [2.75, 3.05) is 6.61 Å². The molecule has 0 amide bonds. The Labute approximate surface area is 173 Å². The van der Waals surface area contributed by atoms with E-state index in [9.17, 15) is 4.39 Å². The monoisotopic (exact) mass is 401 g/mol. The van der Waals surface area contributed by atoms with Crippen LogP contribution in [0.5, 0.6) is 6.01 Å². The second-order valence-electron chi connectivity index (χ2n) is 6.69. The quantitative estimate of drug-likeness (QED) is 0.467. The summed E-state index contributed by atoms with van der Waals surface area (Å²) < 4.78 is 22.7. The Bertz CT molecular complexity index is 1220. The van der Waals surface area contributed by atoms with Crippen LogP contribution in [0.1, 0.15) is 23.7 Å². The number of nitriles is 1. The Hall–Kier alpha value is -3.92. The molecule has 4 rings (SSSR count). The van der Waals surface area contributed by atoms with Crippen molar-refractivity contribution >= 4 is 0 Å². The van der Waals surface area contributed by atoms with E-state index < -0.39 is 6.67 Å². The fraction of sp³-hybridized carbons (Fsp3) is 0.174. The molecule has 4 aromatic rings. The topological polar surface area (TPSA) is 68.7 Å². The highest BCUT2D eigenvalue weighted by Gasteiger charge is 2.21. The van der Waals surface area contributed by atoms with E-state index in [1.807, 2.05) is 48.7 Å². The van der Waals surface area contributed by atoms with Crippen LogP contribution in [0, 0.1) is 18.3 Å². The average molecular weight is 401 g/mol. The van der Waals surface area contributed by atoms with Gasteiger partial charge in [-0.1, -0.05) is 12.1 Å². The van der Waals surface area contributed by atoms with Crippen LogP contribution in [0.15, 0.2) is 60.8 Å². The number of aromatic nitrogens is 4. The summed E-state index contributed by atoms with van der Waals surface area (Å²) in [6.07, 6.45) is 1.70. The van der Waals surface area contributed by atoms with Crippen LogP contribution in [0.4, 0.5) is 4.39 Å². The van der Waals surface area contributed by atoms with Crippen LogP contribution in [0.2, 0.25) is 0 Å². The van der Waals surface area contributed by atoms with E-state index in [1.165, 1.54) is 0 Å². The minimum Gasteiger partial charge on any atom is -0.465 e. The molecular weight excluding hydrogens is 381 g/mol. The van der Waals surface area contributed by atoms with Crippen molar-refractivity contribution in [3.05, 3.63) is 77.6 Å². The Balaban J connectivity index is 1.85. The first-order valence-corrected chi connectivity index (χ1v) is 9.58. The Morgan fingerprint density at radius 3 is 2.60 bits per heavy atom. The minimum atomic E-state index is -0.538. The van der Waals surface area contributed by atoms with E-state index in [0.29, 0.717) is 29.4 Å². The molecule has 0 N–H and O–H groups in total. The summed E-state index contributed by atoms with van der Waals surface area (Å²) in [5.74, 6) is 0. The van der Waals surface area contributed by atoms with Crippen LogP contribution < -0.4 is 4.74 Å². The molecule has 0 bridgehead atoms. The number of halogens is 1. The third-order valence-electron chi connectivity index (χ3n) is 4.80. The molecule has 30 heavy (non-hydrogen) atoms. The smallest absolute Gasteiger partial charge is 0.301 e. The summed E-state index contributed by atoms with van der Waals surface area (Å²) in [6, 6.07) is 18.9. The highest BCUT2D eigenvalue weighted by molar-refractivity contribution is 5.63. The van der Waals surface area contributed by atoms with Crippen molar-refractivity contribution in [3.8, 4) is 34.8 Å². The first-order valence-electron chi connectivity index (χ1n) is 9.58. The molecule has 2 aromatic heterocycles. The van der Waals surface area contributed by atoms with Crippen molar-refractivity contribution in [1.29, 1.82) is 5.26 Å². The maximum absolute atomic E-state index is 13.2. The molecule has 150 valence electrons. The van der Waals surface area contributed by atoms with E-state index in [1.54, 1.807) is 35.1 Å². The summed E-state index contributed by atoms with van der Waals surface area (Å²) in [6.45, 7) is 3.76. The minimum absolute atomic E-state index is 0.439. The number of ether oxygens (including phenoxy) is 1. The second-order valence-corrected chi connectivity index (χ2v) is 6.69. The van der Waals surface area contributed by atoms with E-state index >= 15 is 0 Å². The fourth-order valence-corrected chi connectivity index (χ4v) is 3.39. The number of imidazole rings is 1. The van der Waals surface area contributed by atoms with Crippen LogP contribution in [-0.2, 0) is 6.67 Å². The van der Waals surface area contributed by atoms with Gasteiger partial charge in [-0.05, 0) is 61.9 Å². The first kappa shape index (κ1) is 19.4. The lowest BCUT2D eigenvalue weighted by Crippen LogP contribution is -2.03. The molecule has 0 radical (unpaired) electrons. The van der Waals surface area contributed by atoms with E-state index in [0.717, 1.165) is 22.8 Å². The van der Waals surface area contributed by atoms with Gasteiger partial charge in [-0.2, -0.15) is 15.3 Å². The predicted molar refractivity (Wildman–Crippen MR) is 112 cm³/mol. The van der Waals surface area contributed by atoms with Gasteiger partial charge in [0.2, 0.25) is 0 Å². The molecule has 2 heterocycles. The van der Waals surface area contributed by atoms with Crippen molar-refractivity contribution in [3.63, 3.8) is 0 Å². The second kappa shape index (κ2) is 8.21. The molecular formula is C23H20FN5O. The molecule has 0 unspecified atom stereocenters. The van der Waals surface area contributed by atoms with Gasteiger partial charge in [0.05, 0.1) is 47.2 Å². The van der Waals surface area contributed by atoms with E-state index in [-0.39, 0.29) is 0 Å². The number of hydrogen-bond donors (Lipinski definition) is 0. The molecule has 0 atom stereocenters. The average Bonchev–Trinajstić information content (AvgIpc) is 3.38. The third kappa shape index (κ3) is 3.44. The molecule has 2 aromatic carbocycles. The zero-order valence-corrected chi connectivity index (χ0v) is 16.7. The van der Waals surface area contributed by atoms with Gasteiger partial charge in [0, 0.05) is 0 Å². The van der Waals surface area contributed by atoms with Gasteiger partial charge >= 0.3 is 6.01 Å². The summed E-state index contributed by atoms with van der Waals surface area (Å²) >= 11 is 0. The third-order valence-corrected chi connectivity index (χ3v) is 4.80. The highest BCUT2D eigenvalue weighted by Crippen LogP contribution is 2.31. The standard InChI is InChI=1S/C23H20FN5O/c1-3-30-23-27-22(16(2)28(23)20-6-4-5-18(13-20)14-24)21-11-12-26-29(21)19-9-7-17(15-25)8-10-19/h4-13H,3,14H2,1-2H3. The molecule has 6 nitrogen and oxygen atoms in total. The lowest BCUT2D eigenvalue weighted by atomic mass is 10.2.